The van der Waals surface area contributed by atoms with Crippen LogP contribution in [-0.2, 0) is 45.0 Å². The fourth-order valence-corrected chi connectivity index (χ4v) is 6.85. The summed E-state index contributed by atoms with van der Waals surface area (Å²) in [5.74, 6) is -0.434. The molecule has 2 amide bonds. The molecule has 0 bridgehead atoms. The van der Waals surface area contributed by atoms with E-state index in [1.807, 2.05) is 109 Å². The molecule has 1 aromatic heterocycles. The smallest absolute Gasteiger partial charge is 0.328 e. The molecule has 0 saturated carbocycles. The van der Waals surface area contributed by atoms with Crippen LogP contribution in [0.2, 0.25) is 0 Å². The van der Waals surface area contributed by atoms with E-state index in [0.29, 0.717) is 6.42 Å². The zero-order chi connectivity index (χ0) is 38.6. The molecule has 3 N–H and O–H groups in total. The third-order valence-electron chi connectivity index (χ3n) is 10.1. The number of aliphatic hydroxyl groups excluding tert-OH is 1. The molecule has 1 aliphatic heterocycles. The first-order valence-corrected chi connectivity index (χ1v) is 18.7. The third-order valence-corrected chi connectivity index (χ3v) is 10.1. The zero-order valence-corrected chi connectivity index (χ0v) is 31.6. The standard InChI is InChI=1S/C45H50N4O6/c1-31-41(29-49(2)25-23-39-14-7-8-24-46-39)54-44(55-42(31)36-17-15-33(30-50)16-18-36)37-21-19-35(20-22-37)38-13-9-12-34(26-38)28-47-45(52)48-40(43(51)53-3)27-32-10-5-4-6-11-32/h4-22,24,26,31,40-42,44,50H,23,25,27-30H2,1-3H3,(H2,47,48,52)/t31-,40+,41+,42+,44+/m1/s1. The van der Waals surface area contributed by atoms with Gasteiger partial charge >= 0.3 is 12.0 Å². The zero-order valence-electron chi connectivity index (χ0n) is 31.6. The van der Waals surface area contributed by atoms with Crippen LogP contribution >= 0.6 is 0 Å². The van der Waals surface area contributed by atoms with Gasteiger partial charge in [0, 0.05) is 55.8 Å². The number of aromatic nitrogens is 1. The Balaban J connectivity index is 1.11. The van der Waals surface area contributed by atoms with E-state index in [4.69, 9.17) is 14.2 Å². The minimum atomic E-state index is -0.812. The molecule has 6 rings (SSSR count). The second-order valence-corrected chi connectivity index (χ2v) is 14.1. The summed E-state index contributed by atoms with van der Waals surface area (Å²) in [7, 11) is 3.43. The first-order valence-electron chi connectivity index (χ1n) is 18.7. The van der Waals surface area contributed by atoms with Gasteiger partial charge < -0.3 is 34.9 Å². The van der Waals surface area contributed by atoms with Gasteiger partial charge in [-0.25, -0.2) is 9.59 Å². The number of hydrogen-bond donors (Lipinski definition) is 3. The van der Waals surface area contributed by atoms with E-state index in [0.717, 1.165) is 64.1 Å². The number of rotatable bonds is 15. The van der Waals surface area contributed by atoms with Gasteiger partial charge in [-0.05, 0) is 58.6 Å². The Bertz CT molecular complexity index is 1960. The van der Waals surface area contributed by atoms with E-state index in [2.05, 4.69) is 52.7 Å². The molecule has 5 atom stereocenters. The maximum atomic E-state index is 12.8. The molecule has 10 nitrogen and oxygen atoms in total. The van der Waals surface area contributed by atoms with Crippen molar-refractivity contribution in [3.05, 3.63) is 161 Å². The molecule has 0 aliphatic carbocycles. The highest BCUT2D eigenvalue weighted by molar-refractivity contribution is 5.83. The van der Waals surface area contributed by atoms with Crippen LogP contribution in [0.3, 0.4) is 0 Å². The Kier molecular flexibility index (Phi) is 13.8. The van der Waals surface area contributed by atoms with Gasteiger partial charge in [0.1, 0.15) is 6.04 Å². The summed E-state index contributed by atoms with van der Waals surface area (Å²) in [6.45, 7) is 4.02. The molecule has 2 heterocycles. The summed E-state index contributed by atoms with van der Waals surface area (Å²) in [5.41, 5.74) is 7.71. The lowest BCUT2D eigenvalue weighted by Gasteiger charge is -2.42. The largest absolute Gasteiger partial charge is 0.467 e. The fourth-order valence-electron chi connectivity index (χ4n) is 6.85. The van der Waals surface area contributed by atoms with Crippen LogP contribution in [0.25, 0.3) is 11.1 Å². The summed E-state index contributed by atoms with van der Waals surface area (Å²) in [4.78, 5) is 32.0. The number of nitrogens with zero attached hydrogens (tertiary/aromatic N) is 2. The Hall–Kier alpha value is -5.39. The predicted molar refractivity (Wildman–Crippen MR) is 212 cm³/mol. The van der Waals surface area contributed by atoms with Crippen molar-refractivity contribution < 1.29 is 28.9 Å². The number of hydrogen-bond acceptors (Lipinski definition) is 8. The fraction of sp³-hybridized carbons (Fsp3) is 0.311. The van der Waals surface area contributed by atoms with E-state index < -0.39 is 24.3 Å². The summed E-state index contributed by atoms with van der Waals surface area (Å²) in [6.07, 6.45) is 2.12. The Morgan fingerprint density at radius 2 is 1.56 bits per heavy atom. The highest BCUT2D eigenvalue weighted by atomic mass is 16.7. The summed E-state index contributed by atoms with van der Waals surface area (Å²) in [5, 5.41) is 15.3. The van der Waals surface area contributed by atoms with Crippen LogP contribution in [0.4, 0.5) is 4.79 Å². The van der Waals surface area contributed by atoms with Crippen molar-refractivity contribution in [2.45, 2.75) is 57.5 Å². The first-order chi connectivity index (χ1) is 26.8. The van der Waals surface area contributed by atoms with E-state index in [9.17, 15) is 14.7 Å². The molecule has 1 saturated heterocycles. The minimum absolute atomic E-state index is 0.00938. The monoisotopic (exact) mass is 742 g/mol. The number of carbonyl (C=O) groups excluding carboxylic acids is 2. The molecule has 5 aromatic rings. The topological polar surface area (TPSA) is 122 Å². The lowest BCUT2D eigenvalue weighted by Crippen LogP contribution is -2.47. The average molecular weight is 743 g/mol. The van der Waals surface area contributed by atoms with Crippen molar-refractivity contribution >= 4 is 12.0 Å². The highest BCUT2D eigenvalue weighted by Crippen LogP contribution is 2.42. The predicted octanol–water partition coefficient (Wildman–Crippen LogP) is 6.79. The number of benzene rings is 4. The van der Waals surface area contributed by atoms with E-state index in [1.165, 1.54) is 7.11 Å². The van der Waals surface area contributed by atoms with Gasteiger partial charge in [-0.3, -0.25) is 4.98 Å². The quantitative estimate of drug-likeness (QED) is 0.100. The van der Waals surface area contributed by atoms with E-state index >= 15 is 0 Å². The van der Waals surface area contributed by atoms with Crippen molar-refractivity contribution in [2.24, 2.45) is 5.92 Å². The number of urea groups is 1. The Labute approximate surface area is 323 Å². The molecule has 286 valence electrons. The van der Waals surface area contributed by atoms with Crippen molar-refractivity contribution in [2.75, 3.05) is 27.2 Å². The normalized spacial score (nSPS) is 18.7. The van der Waals surface area contributed by atoms with Crippen LogP contribution in [0, 0.1) is 5.92 Å². The van der Waals surface area contributed by atoms with Crippen molar-refractivity contribution in [1.82, 2.24) is 20.5 Å². The van der Waals surface area contributed by atoms with Crippen LogP contribution in [-0.4, -0.2) is 66.4 Å². The Morgan fingerprint density at radius 1 is 0.836 bits per heavy atom. The number of nitrogens with one attached hydrogen (secondary N) is 2. The van der Waals surface area contributed by atoms with Gasteiger partial charge in [0.2, 0.25) is 0 Å². The number of likely N-dealkylation sites (N-methyl/N-ethyl adjacent to an activating group) is 1. The number of ether oxygens (including phenoxy) is 3. The second-order valence-electron chi connectivity index (χ2n) is 14.1. The van der Waals surface area contributed by atoms with Crippen molar-refractivity contribution in [3.8, 4) is 11.1 Å². The first kappa shape index (κ1) is 39.3. The summed E-state index contributed by atoms with van der Waals surface area (Å²) >= 11 is 0. The average Bonchev–Trinajstić information content (AvgIpc) is 3.23. The van der Waals surface area contributed by atoms with Gasteiger partial charge in [-0.15, -0.1) is 0 Å². The molecule has 1 fully saturated rings. The second kappa shape index (κ2) is 19.3. The third kappa shape index (κ3) is 10.9. The number of aliphatic hydroxyl groups is 1. The number of methoxy groups -OCH3 is 1. The van der Waals surface area contributed by atoms with Crippen molar-refractivity contribution in [3.63, 3.8) is 0 Å². The molecule has 0 spiro atoms. The van der Waals surface area contributed by atoms with E-state index in [-0.39, 0.29) is 31.3 Å². The van der Waals surface area contributed by atoms with Gasteiger partial charge in [0.05, 0.1) is 25.9 Å². The van der Waals surface area contributed by atoms with Crippen LogP contribution in [0.5, 0.6) is 0 Å². The lowest BCUT2D eigenvalue weighted by atomic mass is 9.90. The van der Waals surface area contributed by atoms with Gasteiger partial charge in [0.15, 0.2) is 6.29 Å². The summed E-state index contributed by atoms with van der Waals surface area (Å²) < 4.78 is 18.3. The Morgan fingerprint density at radius 3 is 2.27 bits per heavy atom. The minimum Gasteiger partial charge on any atom is -0.467 e. The SMILES string of the molecule is COC(=O)[C@H](Cc1ccccc1)NC(=O)NCc1cccc(-c2ccc([C@H]3O[C@@H](CN(C)CCc4ccccn4)[C@@H](C)[C@@H](c4ccc(CO)cc4)O3)cc2)c1. The molecular weight excluding hydrogens is 693 g/mol. The number of esters is 1. The maximum absolute atomic E-state index is 12.8. The van der Waals surface area contributed by atoms with Gasteiger partial charge in [-0.1, -0.05) is 110 Å². The number of carbonyl (C=O) groups is 2. The number of pyridine rings is 1. The molecule has 1 aliphatic rings. The number of amides is 2. The molecule has 0 radical (unpaired) electrons. The lowest BCUT2D eigenvalue weighted by molar-refractivity contribution is -0.275. The summed E-state index contributed by atoms with van der Waals surface area (Å²) in [6, 6.07) is 38.4. The molecule has 4 aromatic carbocycles. The highest BCUT2D eigenvalue weighted by Gasteiger charge is 2.38. The van der Waals surface area contributed by atoms with Crippen LogP contribution in [0.15, 0.2) is 128 Å². The van der Waals surface area contributed by atoms with Crippen molar-refractivity contribution in [1.29, 1.82) is 0 Å². The molecular formula is C45H50N4O6. The van der Waals surface area contributed by atoms with Crippen LogP contribution in [0.1, 0.15) is 52.8 Å². The van der Waals surface area contributed by atoms with Gasteiger partial charge in [0.25, 0.3) is 0 Å². The van der Waals surface area contributed by atoms with Gasteiger partial charge in [-0.2, -0.15) is 0 Å². The maximum Gasteiger partial charge on any atom is 0.328 e. The molecule has 55 heavy (non-hydrogen) atoms. The van der Waals surface area contributed by atoms with Crippen LogP contribution < -0.4 is 10.6 Å². The molecule has 10 heteroatoms. The van der Waals surface area contributed by atoms with E-state index in [1.54, 1.807) is 0 Å². The molecule has 0 unspecified atom stereocenters.